The normalized spacial score (nSPS) is 10.5. The molecule has 0 atom stereocenters. The van der Waals surface area contributed by atoms with Crippen LogP contribution in [0.2, 0.25) is 0 Å². The van der Waals surface area contributed by atoms with Crippen molar-refractivity contribution in [2.24, 2.45) is 0 Å². The Hall–Kier alpha value is -1.95. The number of aryl methyl sites for hydroxylation is 2. The molecule has 5 nitrogen and oxygen atoms in total. The number of hydrogen-bond acceptors (Lipinski definition) is 5. The van der Waals surface area contributed by atoms with Crippen molar-refractivity contribution in [1.82, 2.24) is 15.0 Å². The van der Waals surface area contributed by atoms with Gasteiger partial charge in [-0.1, -0.05) is 0 Å². The zero-order valence-corrected chi connectivity index (χ0v) is 11.7. The van der Waals surface area contributed by atoms with E-state index in [4.69, 9.17) is 5.11 Å². The van der Waals surface area contributed by atoms with Crippen molar-refractivity contribution in [3.05, 3.63) is 40.8 Å². The number of rotatable bonds is 3. The predicted molar refractivity (Wildman–Crippen MR) is 71.6 cm³/mol. The minimum Gasteiger partial charge on any atom is -0.478 e. The average molecular weight is 275 g/mol. The van der Waals surface area contributed by atoms with Crippen LogP contribution in [-0.4, -0.2) is 26.0 Å². The Morgan fingerprint density at radius 3 is 2.42 bits per heavy atom. The van der Waals surface area contributed by atoms with Crippen LogP contribution in [0.25, 0.3) is 0 Å². The number of pyridine rings is 1. The SMILES string of the molecule is Cc1nc(Sc2ncccc2C(=O)O)nc(C)c1C. The molecule has 0 aromatic carbocycles. The Morgan fingerprint density at radius 2 is 1.84 bits per heavy atom. The highest BCUT2D eigenvalue weighted by molar-refractivity contribution is 7.99. The molecule has 1 N–H and O–H groups in total. The van der Waals surface area contributed by atoms with E-state index in [-0.39, 0.29) is 5.56 Å². The Kier molecular flexibility index (Phi) is 3.80. The molecule has 0 bridgehead atoms. The first-order valence-electron chi connectivity index (χ1n) is 5.67. The van der Waals surface area contributed by atoms with E-state index in [1.807, 2.05) is 20.8 Å². The summed E-state index contributed by atoms with van der Waals surface area (Å²) in [4.78, 5) is 23.9. The highest BCUT2D eigenvalue weighted by Crippen LogP contribution is 2.27. The molecule has 0 aliphatic carbocycles. The van der Waals surface area contributed by atoms with Crippen LogP contribution < -0.4 is 0 Å². The fourth-order valence-corrected chi connectivity index (χ4v) is 2.43. The minimum atomic E-state index is -1.00. The lowest BCUT2D eigenvalue weighted by molar-refractivity contribution is 0.0692. The number of aromatic carboxylic acids is 1. The molecule has 19 heavy (non-hydrogen) atoms. The summed E-state index contributed by atoms with van der Waals surface area (Å²) in [6.07, 6.45) is 1.56. The van der Waals surface area contributed by atoms with Crippen molar-refractivity contribution < 1.29 is 9.90 Å². The van der Waals surface area contributed by atoms with Crippen molar-refractivity contribution in [2.45, 2.75) is 31.0 Å². The standard InChI is InChI=1S/C13H13N3O2S/c1-7-8(2)15-13(16-9(7)3)19-11-10(12(17)18)5-4-6-14-11/h4-6H,1-3H3,(H,17,18). The minimum absolute atomic E-state index is 0.159. The van der Waals surface area contributed by atoms with Crippen LogP contribution in [0.3, 0.4) is 0 Å². The second kappa shape index (κ2) is 5.36. The predicted octanol–water partition coefficient (Wildman–Crippen LogP) is 2.65. The summed E-state index contributed by atoms with van der Waals surface area (Å²) in [5.41, 5.74) is 2.99. The Morgan fingerprint density at radius 1 is 1.21 bits per heavy atom. The zero-order chi connectivity index (χ0) is 14.0. The lowest BCUT2D eigenvalue weighted by Gasteiger charge is -2.07. The van der Waals surface area contributed by atoms with Gasteiger partial charge in [0.15, 0.2) is 5.16 Å². The summed E-state index contributed by atoms with van der Waals surface area (Å²) in [6, 6.07) is 3.12. The van der Waals surface area contributed by atoms with E-state index >= 15 is 0 Å². The summed E-state index contributed by atoms with van der Waals surface area (Å²) in [6.45, 7) is 5.78. The molecule has 0 amide bonds. The summed E-state index contributed by atoms with van der Waals surface area (Å²) in [5, 5.41) is 10.0. The maximum absolute atomic E-state index is 11.1. The van der Waals surface area contributed by atoms with E-state index in [0.29, 0.717) is 10.2 Å². The highest BCUT2D eigenvalue weighted by Gasteiger charge is 2.14. The maximum Gasteiger partial charge on any atom is 0.338 e. The number of carbonyl (C=O) groups is 1. The molecule has 2 aromatic rings. The van der Waals surface area contributed by atoms with Gasteiger partial charge in [-0.2, -0.15) is 0 Å². The van der Waals surface area contributed by atoms with Gasteiger partial charge in [-0.15, -0.1) is 0 Å². The highest BCUT2D eigenvalue weighted by atomic mass is 32.2. The van der Waals surface area contributed by atoms with Gasteiger partial charge in [-0.05, 0) is 50.2 Å². The van der Waals surface area contributed by atoms with Gasteiger partial charge in [-0.25, -0.2) is 19.7 Å². The van der Waals surface area contributed by atoms with E-state index in [2.05, 4.69) is 15.0 Å². The number of hydrogen-bond donors (Lipinski definition) is 1. The lowest BCUT2D eigenvalue weighted by Crippen LogP contribution is -2.02. The number of carboxylic acid groups (broad SMARTS) is 1. The van der Waals surface area contributed by atoms with Crippen LogP contribution in [0, 0.1) is 20.8 Å². The third-order valence-corrected chi connectivity index (χ3v) is 3.69. The topological polar surface area (TPSA) is 76.0 Å². The van der Waals surface area contributed by atoms with Crippen LogP contribution in [0.5, 0.6) is 0 Å². The first-order chi connectivity index (χ1) is 8.99. The molecular weight excluding hydrogens is 262 g/mol. The number of nitrogens with zero attached hydrogens (tertiary/aromatic N) is 3. The van der Waals surface area contributed by atoms with Gasteiger partial charge in [-0.3, -0.25) is 0 Å². The molecular formula is C13H13N3O2S. The molecule has 0 aliphatic rings. The van der Waals surface area contributed by atoms with E-state index in [0.717, 1.165) is 17.0 Å². The number of aromatic nitrogens is 3. The third kappa shape index (κ3) is 2.90. The van der Waals surface area contributed by atoms with Crippen molar-refractivity contribution in [2.75, 3.05) is 0 Å². The quantitative estimate of drug-likeness (QED) is 0.868. The molecule has 98 valence electrons. The van der Waals surface area contributed by atoms with Gasteiger partial charge in [0.1, 0.15) is 5.03 Å². The third-order valence-electron chi connectivity index (χ3n) is 2.80. The van der Waals surface area contributed by atoms with Gasteiger partial charge >= 0.3 is 5.97 Å². The van der Waals surface area contributed by atoms with Gasteiger partial charge < -0.3 is 5.11 Å². The van der Waals surface area contributed by atoms with Crippen molar-refractivity contribution in [3.8, 4) is 0 Å². The zero-order valence-electron chi connectivity index (χ0n) is 10.8. The van der Waals surface area contributed by atoms with Crippen molar-refractivity contribution >= 4 is 17.7 Å². The molecule has 0 unspecified atom stereocenters. The molecule has 0 saturated carbocycles. The van der Waals surface area contributed by atoms with Crippen molar-refractivity contribution in [1.29, 1.82) is 0 Å². The first-order valence-corrected chi connectivity index (χ1v) is 6.48. The molecule has 0 radical (unpaired) electrons. The summed E-state index contributed by atoms with van der Waals surface area (Å²) < 4.78 is 0. The summed E-state index contributed by atoms with van der Waals surface area (Å²) in [7, 11) is 0. The fourth-order valence-electron chi connectivity index (χ4n) is 1.51. The Bertz CT molecular complexity index is 621. The van der Waals surface area contributed by atoms with E-state index in [1.165, 1.54) is 17.8 Å². The van der Waals surface area contributed by atoms with Gasteiger partial charge in [0.2, 0.25) is 0 Å². The Balaban J connectivity index is 2.39. The van der Waals surface area contributed by atoms with Crippen LogP contribution in [0.15, 0.2) is 28.5 Å². The van der Waals surface area contributed by atoms with Crippen LogP contribution in [0.4, 0.5) is 0 Å². The van der Waals surface area contributed by atoms with E-state index < -0.39 is 5.97 Å². The number of carboxylic acids is 1. The second-order valence-electron chi connectivity index (χ2n) is 4.07. The largest absolute Gasteiger partial charge is 0.478 e. The van der Waals surface area contributed by atoms with Gasteiger partial charge in [0, 0.05) is 17.6 Å². The molecule has 0 fully saturated rings. The van der Waals surface area contributed by atoms with Gasteiger partial charge in [0.05, 0.1) is 5.56 Å². The molecule has 2 heterocycles. The molecule has 2 aromatic heterocycles. The van der Waals surface area contributed by atoms with Crippen LogP contribution in [0.1, 0.15) is 27.3 Å². The van der Waals surface area contributed by atoms with Gasteiger partial charge in [0.25, 0.3) is 0 Å². The summed E-state index contributed by atoms with van der Waals surface area (Å²) >= 11 is 1.17. The second-order valence-corrected chi connectivity index (χ2v) is 5.02. The van der Waals surface area contributed by atoms with Crippen molar-refractivity contribution in [3.63, 3.8) is 0 Å². The molecule has 0 spiro atoms. The van der Waals surface area contributed by atoms with Crippen LogP contribution >= 0.6 is 11.8 Å². The molecule has 0 aliphatic heterocycles. The summed E-state index contributed by atoms with van der Waals surface area (Å²) in [5.74, 6) is -1.00. The smallest absolute Gasteiger partial charge is 0.338 e. The average Bonchev–Trinajstić information content (AvgIpc) is 2.36. The first kappa shape index (κ1) is 13.5. The van der Waals surface area contributed by atoms with Crippen LogP contribution in [-0.2, 0) is 0 Å². The van der Waals surface area contributed by atoms with E-state index in [1.54, 1.807) is 12.3 Å². The maximum atomic E-state index is 11.1. The molecule has 2 rings (SSSR count). The monoisotopic (exact) mass is 275 g/mol. The lowest BCUT2D eigenvalue weighted by atomic mass is 10.2. The molecule has 6 heteroatoms. The Labute approximate surface area is 115 Å². The fraction of sp³-hybridized carbons (Fsp3) is 0.231. The molecule has 0 saturated heterocycles. The van der Waals surface area contributed by atoms with E-state index in [9.17, 15) is 4.79 Å².